The van der Waals surface area contributed by atoms with Gasteiger partial charge in [0.2, 0.25) is 6.41 Å². The van der Waals surface area contributed by atoms with Gasteiger partial charge < -0.3 is 15.3 Å². The van der Waals surface area contributed by atoms with Gasteiger partial charge in [-0.05, 0) is 43.4 Å². The third-order valence-electron chi connectivity index (χ3n) is 4.47. The number of aliphatic hydroxyl groups excluding tert-OH is 1. The number of carbonyl (C=O) groups is 2. The van der Waals surface area contributed by atoms with Gasteiger partial charge in [-0.2, -0.15) is 13.2 Å². The summed E-state index contributed by atoms with van der Waals surface area (Å²) in [5.74, 6) is -1.82. The predicted octanol–water partition coefficient (Wildman–Crippen LogP) is 2.66. The van der Waals surface area contributed by atoms with E-state index in [1.54, 1.807) is 19.9 Å². The second-order valence-electron chi connectivity index (χ2n) is 6.60. The zero-order valence-corrected chi connectivity index (χ0v) is 15.4. The van der Waals surface area contributed by atoms with E-state index in [2.05, 4.69) is 5.32 Å². The molecule has 0 heterocycles. The molecule has 2 amide bonds. The highest BCUT2D eigenvalue weighted by molar-refractivity contribution is 5.94. The van der Waals surface area contributed by atoms with Crippen molar-refractivity contribution in [1.82, 2.24) is 10.2 Å². The normalized spacial score (nSPS) is 15.0. The van der Waals surface area contributed by atoms with Gasteiger partial charge in [-0.15, -0.1) is 0 Å². The van der Waals surface area contributed by atoms with E-state index in [-0.39, 0.29) is 18.5 Å². The fourth-order valence-electron chi connectivity index (χ4n) is 2.86. The Balaban J connectivity index is 3.01. The molecule has 0 spiro atoms. The summed E-state index contributed by atoms with van der Waals surface area (Å²) < 4.78 is 51.8. The summed E-state index contributed by atoms with van der Waals surface area (Å²) in [5.41, 5.74) is 0.431. The van der Waals surface area contributed by atoms with Crippen molar-refractivity contribution in [2.24, 2.45) is 5.92 Å². The van der Waals surface area contributed by atoms with Crippen LogP contribution in [-0.4, -0.2) is 54.2 Å². The lowest BCUT2D eigenvalue weighted by atomic mass is 9.93. The van der Waals surface area contributed by atoms with E-state index in [0.29, 0.717) is 12.0 Å². The lowest BCUT2D eigenvalue weighted by Crippen LogP contribution is -2.45. The summed E-state index contributed by atoms with van der Waals surface area (Å²) >= 11 is 0. The molecule has 0 saturated carbocycles. The molecule has 9 heteroatoms. The third kappa shape index (κ3) is 6.50. The standard InChI is InChI=1S/C18H24F4N2O3/c1-11-4-5-13(14(19)8-11)17(27)24(3)15(12(2)9-23-10-25)6-7-16(26)18(20,21)22/h4-5,8,10,12,15-16,26H,6-7,9H2,1-3H3,(H,23,25). The van der Waals surface area contributed by atoms with E-state index in [1.165, 1.54) is 19.2 Å². The number of aryl methyl sites for hydroxylation is 1. The maximum absolute atomic E-state index is 14.1. The van der Waals surface area contributed by atoms with Crippen LogP contribution in [0.25, 0.3) is 0 Å². The van der Waals surface area contributed by atoms with Gasteiger partial charge >= 0.3 is 6.18 Å². The van der Waals surface area contributed by atoms with Gasteiger partial charge in [-0.25, -0.2) is 4.39 Å². The Morgan fingerprint density at radius 3 is 2.48 bits per heavy atom. The van der Waals surface area contributed by atoms with Crippen LogP contribution in [0.5, 0.6) is 0 Å². The molecular formula is C18H24F4N2O3. The monoisotopic (exact) mass is 392 g/mol. The van der Waals surface area contributed by atoms with Gasteiger partial charge in [-0.1, -0.05) is 13.0 Å². The highest BCUT2D eigenvalue weighted by Gasteiger charge is 2.39. The second kappa shape index (κ2) is 9.68. The Labute approximate surface area is 155 Å². The van der Waals surface area contributed by atoms with Crippen molar-refractivity contribution in [3.63, 3.8) is 0 Å². The van der Waals surface area contributed by atoms with E-state index in [4.69, 9.17) is 0 Å². The number of hydrogen-bond donors (Lipinski definition) is 2. The molecule has 1 aromatic rings. The molecule has 0 aliphatic heterocycles. The number of hydrogen-bond acceptors (Lipinski definition) is 3. The Morgan fingerprint density at radius 1 is 1.33 bits per heavy atom. The smallest absolute Gasteiger partial charge is 0.384 e. The molecule has 3 unspecified atom stereocenters. The Bertz CT molecular complexity index is 652. The maximum atomic E-state index is 14.1. The minimum Gasteiger partial charge on any atom is -0.384 e. The summed E-state index contributed by atoms with van der Waals surface area (Å²) in [5, 5.41) is 11.7. The quantitative estimate of drug-likeness (QED) is 0.502. The third-order valence-corrected chi connectivity index (χ3v) is 4.47. The van der Waals surface area contributed by atoms with Crippen molar-refractivity contribution in [3.8, 4) is 0 Å². The fraction of sp³-hybridized carbons (Fsp3) is 0.556. The Morgan fingerprint density at radius 2 is 1.96 bits per heavy atom. The molecule has 1 aromatic carbocycles. The molecule has 27 heavy (non-hydrogen) atoms. The summed E-state index contributed by atoms with van der Waals surface area (Å²) in [6.45, 7) is 3.43. The SMILES string of the molecule is Cc1ccc(C(=O)N(C)C(CCC(O)C(F)(F)F)C(C)CNC=O)c(F)c1. The average molecular weight is 392 g/mol. The van der Waals surface area contributed by atoms with Gasteiger partial charge in [0, 0.05) is 19.6 Å². The first-order chi connectivity index (χ1) is 12.5. The zero-order chi connectivity index (χ0) is 20.8. The lowest BCUT2D eigenvalue weighted by molar-refractivity contribution is -0.206. The van der Waals surface area contributed by atoms with Crippen LogP contribution < -0.4 is 5.32 Å². The van der Waals surface area contributed by atoms with Crippen molar-refractivity contribution < 1.29 is 32.3 Å². The number of halogens is 4. The molecule has 0 aliphatic rings. The summed E-state index contributed by atoms with van der Waals surface area (Å²) in [6.07, 6.45) is -7.63. The van der Waals surface area contributed by atoms with E-state index in [0.717, 1.165) is 4.90 Å². The summed E-state index contributed by atoms with van der Waals surface area (Å²) in [7, 11) is 1.36. The van der Waals surface area contributed by atoms with Crippen molar-refractivity contribution in [3.05, 3.63) is 35.1 Å². The molecule has 1 rings (SSSR count). The lowest BCUT2D eigenvalue weighted by Gasteiger charge is -2.34. The van der Waals surface area contributed by atoms with E-state index >= 15 is 0 Å². The maximum Gasteiger partial charge on any atom is 0.414 e. The minimum atomic E-state index is -4.76. The molecule has 0 fully saturated rings. The van der Waals surface area contributed by atoms with Gasteiger partial charge in [0.1, 0.15) is 11.9 Å². The molecule has 152 valence electrons. The van der Waals surface area contributed by atoms with Crippen molar-refractivity contribution in [2.45, 2.75) is 45.0 Å². The van der Waals surface area contributed by atoms with Crippen LogP contribution in [0.1, 0.15) is 35.7 Å². The first-order valence-corrected chi connectivity index (χ1v) is 8.44. The highest BCUT2D eigenvalue weighted by Crippen LogP contribution is 2.26. The van der Waals surface area contributed by atoms with Crippen LogP contribution in [0.2, 0.25) is 0 Å². The van der Waals surface area contributed by atoms with Crippen LogP contribution in [0.15, 0.2) is 18.2 Å². The number of amides is 2. The van der Waals surface area contributed by atoms with Crippen LogP contribution in [0.3, 0.4) is 0 Å². The number of nitrogens with one attached hydrogen (secondary N) is 1. The number of rotatable bonds is 9. The largest absolute Gasteiger partial charge is 0.414 e. The van der Waals surface area contributed by atoms with Crippen molar-refractivity contribution in [2.75, 3.05) is 13.6 Å². The molecule has 3 atom stereocenters. The topological polar surface area (TPSA) is 69.6 Å². The number of benzene rings is 1. The molecule has 0 aliphatic carbocycles. The van der Waals surface area contributed by atoms with Gasteiger partial charge in [0.05, 0.1) is 5.56 Å². The van der Waals surface area contributed by atoms with Gasteiger partial charge in [0.15, 0.2) is 0 Å². The molecular weight excluding hydrogens is 368 g/mol. The number of nitrogens with zero attached hydrogens (tertiary/aromatic N) is 1. The molecule has 2 N–H and O–H groups in total. The van der Waals surface area contributed by atoms with Crippen LogP contribution in [0.4, 0.5) is 17.6 Å². The highest BCUT2D eigenvalue weighted by atomic mass is 19.4. The minimum absolute atomic E-state index is 0.115. The fourth-order valence-corrected chi connectivity index (χ4v) is 2.86. The number of alkyl halides is 3. The molecule has 0 radical (unpaired) electrons. The van der Waals surface area contributed by atoms with Crippen LogP contribution >= 0.6 is 0 Å². The van der Waals surface area contributed by atoms with Gasteiger partial charge in [-0.3, -0.25) is 9.59 Å². The van der Waals surface area contributed by atoms with Crippen molar-refractivity contribution >= 4 is 12.3 Å². The van der Waals surface area contributed by atoms with Crippen LogP contribution in [-0.2, 0) is 4.79 Å². The number of aliphatic hydroxyl groups is 1. The first-order valence-electron chi connectivity index (χ1n) is 8.44. The summed E-state index contributed by atoms with van der Waals surface area (Å²) in [4.78, 5) is 24.3. The molecule has 0 aromatic heterocycles. The van der Waals surface area contributed by atoms with E-state index in [9.17, 15) is 32.3 Å². The zero-order valence-electron chi connectivity index (χ0n) is 15.4. The van der Waals surface area contributed by atoms with Crippen LogP contribution in [0, 0.1) is 18.7 Å². The molecule has 5 nitrogen and oxygen atoms in total. The number of carbonyl (C=O) groups excluding carboxylic acids is 2. The molecule has 0 saturated heterocycles. The van der Waals surface area contributed by atoms with E-state index < -0.39 is 42.4 Å². The Hall–Kier alpha value is -2.16. The van der Waals surface area contributed by atoms with E-state index in [1.807, 2.05) is 0 Å². The second-order valence-corrected chi connectivity index (χ2v) is 6.60. The van der Waals surface area contributed by atoms with Gasteiger partial charge in [0.25, 0.3) is 5.91 Å². The summed E-state index contributed by atoms with van der Waals surface area (Å²) in [6, 6.07) is 3.33. The first kappa shape index (κ1) is 22.9. The van der Waals surface area contributed by atoms with Crippen molar-refractivity contribution in [1.29, 1.82) is 0 Å². The molecule has 0 bridgehead atoms. The Kier molecular flexibility index (Phi) is 8.20. The average Bonchev–Trinajstić information content (AvgIpc) is 2.58. The predicted molar refractivity (Wildman–Crippen MR) is 91.5 cm³/mol.